The van der Waals surface area contributed by atoms with E-state index in [9.17, 15) is 4.79 Å². The molecule has 0 aromatic heterocycles. The summed E-state index contributed by atoms with van der Waals surface area (Å²) in [4.78, 5) is 14.3. The van der Waals surface area contributed by atoms with Gasteiger partial charge in [-0.3, -0.25) is 4.79 Å². The van der Waals surface area contributed by atoms with Crippen molar-refractivity contribution in [1.29, 1.82) is 0 Å². The minimum absolute atomic E-state index is 0.211. The third kappa shape index (κ3) is 2.40. The number of nitrogens with zero attached hydrogens (tertiary/aromatic N) is 1. The molecule has 0 saturated carbocycles. The quantitative estimate of drug-likeness (QED) is 0.790. The molecule has 2 saturated heterocycles. The molecule has 2 aliphatic rings. The maximum Gasteiger partial charge on any atom is 0.225 e. The van der Waals surface area contributed by atoms with Crippen LogP contribution < -0.4 is 5.32 Å². The maximum absolute atomic E-state index is 12.2. The Balaban J connectivity index is 1.88. The van der Waals surface area contributed by atoms with Crippen molar-refractivity contribution in [3.8, 4) is 0 Å². The summed E-state index contributed by atoms with van der Waals surface area (Å²) in [6.07, 6.45) is 4.63. The lowest BCUT2D eigenvalue weighted by atomic mass is 9.91. The molecule has 0 bridgehead atoms. The van der Waals surface area contributed by atoms with Crippen LogP contribution in [0.2, 0.25) is 0 Å². The van der Waals surface area contributed by atoms with Crippen LogP contribution in [0.1, 0.15) is 39.5 Å². The van der Waals surface area contributed by atoms with Gasteiger partial charge in [-0.2, -0.15) is 0 Å². The van der Waals surface area contributed by atoms with E-state index in [0.29, 0.717) is 11.9 Å². The van der Waals surface area contributed by atoms with Crippen LogP contribution in [0.3, 0.4) is 0 Å². The molecule has 1 N–H and O–H groups in total. The summed E-state index contributed by atoms with van der Waals surface area (Å²) in [6.45, 7) is 7.28. The molecule has 2 rings (SSSR count). The lowest BCUT2D eigenvalue weighted by Crippen LogP contribution is -2.50. The van der Waals surface area contributed by atoms with Crippen LogP contribution in [0.15, 0.2) is 0 Å². The molecule has 3 heteroatoms. The standard InChI is InChI=1S/C13H24N2O/c1-3-4-10(2)13(16)15-8-6-11-5-7-14-12(11)9-15/h10-12,14H,3-9H2,1-2H3/t10?,11-,12+/m1/s1. The Labute approximate surface area is 98.6 Å². The summed E-state index contributed by atoms with van der Waals surface area (Å²) in [5, 5.41) is 3.52. The second-order valence-corrected chi connectivity index (χ2v) is 5.37. The summed E-state index contributed by atoms with van der Waals surface area (Å²) >= 11 is 0. The van der Waals surface area contributed by atoms with E-state index in [2.05, 4.69) is 24.1 Å². The van der Waals surface area contributed by atoms with Crippen molar-refractivity contribution in [1.82, 2.24) is 10.2 Å². The molecule has 0 aromatic carbocycles. The normalized spacial score (nSPS) is 31.2. The molecule has 2 heterocycles. The van der Waals surface area contributed by atoms with Crippen LogP contribution in [0.4, 0.5) is 0 Å². The first-order valence-corrected chi connectivity index (χ1v) is 6.74. The zero-order valence-corrected chi connectivity index (χ0v) is 10.5. The fraction of sp³-hybridized carbons (Fsp3) is 0.923. The van der Waals surface area contributed by atoms with Gasteiger partial charge in [0, 0.05) is 25.0 Å². The average molecular weight is 224 g/mol. The van der Waals surface area contributed by atoms with Crippen molar-refractivity contribution in [2.75, 3.05) is 19.6 Å². The van der Waals surface area contributed by atoms with E-state index in [-0.39, 0.29) is 5.92 Å². The number of likely N-dealkylation sites (tertiary alicyclic amines) is 1. The van der Waals surface area contributed by atoms with E-state index in [1.54, 1.807) is 0 Å². The van der Waals surface area contributed by atoms with Crippen molar-refractivity contribution in [2.45, 2.75) is 45.6 Å². The number of carbonyl (C=O) groups is 1. The van der Waals surface area contributed by atoms with Gasteiger partial charge in [-0.1, -0.05) is 20.3 Å². The van der Waals surface area contributed by atoms with Gasteiger partial charge in [0.05, 0.1) is 0 Å². The topological polar surface area (TPSA) is 32.3 Å². The third-order valence-corrected chi connectivity index (χ3v) is 4.13. The van der Waals surface area contributed by atoms with Crippen LogP contribution in [0.5, 0.6) is 0 Å². The summed E-state index contributed by atoms with van der Waals surface area (Å²) in [5.41, 5.74) is 0. The Morgan fingerprint density at radius 3 is 3.06 bits per heavy atom. The smallest absolute Gasteiger partial charge is 0.225 e. The Kier molecular flexibility index (Phi) is 3.85. The second kappa shape index (κ2) is 5.17. The predicted octanol–water partition coefficient (Wildman–Crippen LogP) is 1.63. The Hall–Kier alpha value is -0.570. The van der Waals surface area contributed by atoms with Crippen molar-refractivity contribution in [3.05, 3.63) is 0 Å². The molecule has 0 aromatic rings. The molecule has 1 amide bonds. The van der Waals surface area contributed by atoms with Crippen LogP contribution in [-0.4, -0.2) is 36.5 Å². The molecule has 3 atom stereocenters. The SMILES string of the molecule is CCCC(C)C(=O)N1CC[C@H]2CCN[C@H]2C1. The largest absolute Gasteiger partial charge is 0.341 e. The molecule has 0 radical (unpaired) electrons. The number of rotatable bonds is 3. The lowest BCUT2D eigenvalue weighted by molar-refractivity contribution is -0.137. The summed E-state index contributed by atoms with van der Waals surface area (Å²) in [5.74, 6) is 1.41. The van der Waals surface area contributed by atoms with Crippen LogP contribution in [0, 0.1) is 11.8 Å². The average Bonchev–Trinajstić information content (AvgIpc) is 2.75. The zero-order valence-electron chi connectivity index (χ0n) is 10.5. The number of fused-ring (bicyclic) bond motifs is 1. The molecule has 2 fully saturated rings. The van der Waals surface area contributed by atoms with Crippen molar-refractivity contribution >= 4 is 5.91 Å². The fourth-order valence-corrected chi connectivity index (χ4v) is 3.10. The minimum Gasteiger partial charge on any atom is -0.341 e. The molecule has 92 valence electrons. The van der Waals surface area contributed by atoms with Gasteiger partial charge in [0.25, 0.3) is 0 Å². The maximum atomic E-state index is 12.2. The van der Waals surface area contributed by atoms with Gasteiger partial charge in [0.2, 0.25) is 5.91 Å². The molecule has 3 nitrogen and oxygen atoms in total. The number of piperidine rings is 1. The number of carbonyl (C=O) groups excluding carboxylic acids is 1. The Morgan fingerprint density at radius 1 is 1.50 bits per heavy atom. The fourth-order valence-electron chi connectivity index (χ4n) is 3.10. The molecular weight excluding hydrogens is 200 g/mol. The summed E-state index contributed by atoms with van der Waals surface area (Å²) in [6, 6.07) is 0.575. The first-order chi connectivity index (χ1) is 7.72. The van der Waals surface area contributed by atoms with Crippen LogP contribution >= 0.6 is 0 Å². The highest BCUT2D eigenvalue weighted by Crippen LogP contribution is 2.26. The van der Waals surface area contributed by atoms with E-state index in [1.807, 2.05) is 0 Å². The molecule has 2 aliphatic heterocycles. The highest BCUT2D eigenvalue weighted by atomic mass is 16.2. The van der Waals surface area contributed by atoms with E-state index >= 15 is 0 Å². The van der Waals surface area contributed by atoms with Crippen molar-refractivity contribution in [2.24, 2.45) is 11.8 Å². The highest BCUT2D eigenvalue weighted by molar-refractivity contribution is 5.78. The summed E-state index contributed by atoms with van der Waals surface area (Å²) < 4.78 is 0. The molecule has 0 spiro atoms. The number of hydrogen-bond acceptors (Lipinski definition) is 2. The molecule has 1 unspecified atom stereocenters. The van der Waals surface area contributed by atoms with E-state index in [1.165, 1.54) is 12.8 Å². The van der Waals surface area contributed by atoms with Gasteiger partial charge >= 0.3 is 0 Å². The lowest BCUT2D eigenvalue weighted by Gasteiger charge is -2.36. The number of amides is 1. The summed E-state index contributed by atoms with van der Waals surface area (Å²) in [7, 11) is 0. The van der Waals surface area contributed by atoms with Crippen molar-refractivity contribution < 1.29 is 4.79 Å². The monoisotopic (exact) mass is 224 g/mol. The first kappa shape index (κ1) is 11.9. The number of nitrogens with one attached hydrogen (secondary N) is 1. The molecular formula is C13H24N2O. The van der Waals surface area contributed by atoms with Crippen LogP contribution in [-0.2, 0) is 4.79 Å². The van der Waals surface area contributed by atoms with E-state index in [0.717, 1.165) is 38.4 Å². The molecule has 0 aliphatic carbocycles. The van der Waals surface area contributed by atoms with E-state index < -0.39 is 0 Å². The van der Waals surface area contributed by atoms with Gasteiger partial charge in [-0.15, -0.1) is 0 Å². The van der Waals surface area contributed by atoms with Gasteiger partial charge in [0.15, 0.2) is 0 Å². The Bertz CT molecular complexity index is 254. The van der Waals surface area contributed by atoms with Crippen LogP contribution in [0.25, 0.3) is 0 Å². The second-order valence-electron chi connectivity index (χ2n) is 5.37. The Morgan fingerprint density at radius 2 is 2.31 bits per heavy atom. The predicted molar refractivity (Wildman–Crippen MR) is 65.2 cm³/mol. The van der Waals surface area contributed by atoms with E-state index in [4.69, 9.17) is 0 Å². The minimum atomic E-state index is 0.211. The van der Waals surface area contributed by atoms with Gasteiger partial charge in [0.1, 0.15) is 0 Å². The van der Waals surface area contributed by atoms with Gasteiger partial charge in [-0.25, -0.2) is 0 Å². The van der Waals surface area contributed by atoms with Gasteiger partial charge in [-0.05, 0) is 31.7 Å². The number of hydrogen-bond donors (Lipinski definition) is 1. The third-order valence-electron chi connectivity index (χ3n) is 4.13. The highest BCUT2D eigenvalue weighted by Gasteiger charge is 2.35. The molecule has 16 heavy (non-hydrogen) atoms. The zero-order chi connectivity index (χ0) is 11.5. The van der Waals surface area contributed by atoms with Gasteiger partial charge < -0.3 is 10.2 Å². The van der Waals surface area contributed by atoms with Crippen molar-refractivity contribution in [3.63, 3.8) is 0 Å². The first-order valence-electron chi connectivity index (χ1n) is 6.74.